The first-order chi connectivity index (χ1) is 6.27. The number of nitrogens with zero attached hydrogens (tertiary/aromatic N) is 2. The van der Waals surface area contributed by atoms with Crippen LogP contribution in [0.5, 0.6) is 0 Å². The first kappa shape index (κ1) is 10.1. The molecule has 1 N–H and O–H groups in total. The van der Waals surface area contributed by atoms with E-state index in [2.05, 4.69) is 15.5 Å². The predicted octanol–water partition coefficient (Wildman–Crippen LogP) is 0.886. The predicted molar refractivity (Wildman–Crippen MR) is 47.1 cm³/mol. The van der Waals surface area contributed by atoms with Gasteiger partial charge in [0.05, 0.1) is 6.54 Å². The molecule has 13 heavy (non-hydrogen) atoms. The average Bonchev–Trinajstić information content (AvgIpc) is 2.62. The zero-order chi connectivity index (χ0) is 9.68. The standard InChI is InChI=1S/C8H15N3O2/c1-4-9-5-7-10-8(13-11-7)6(2)12-3/h6,9H,4-5H2,1-3H3. The molecular formula is C8H15N3O2. The van der Waals surface area contributed by atoms with E-state index in [1.807, 2.05) is 13.8 Å². The molecule has 1 rings (SSSR count). The van der Waals surface area contributed by atoms with Crippen molar-refractivity contribution >= 4 is 0 Å². The highest BCUT2D eigenvalue weighted by Gasteiger charge is 2.12. The van der Waals surface area contributed by atoms with Gasteiger partial charge >= 0.3 is 0 Å². The lowest BCUT2D eigenvalue weighted by Crippen LogP contribution is -2.12. The number of hydrogen-bond donors (Lipinski definition) is 1. The minimum Gasteiger partial charge on any atom is -0.372 e. The highest BCUT2D eigenvalue weighted by molar-refractivity contribution is 4.88. The summed E-state index contributed by atoms with van der Waals surface area (Å²) in [6.07, 6.45) is -0.136. The van der Waals surface area contributed by atoms with E-state index >= 15 is 0 Å². The monoisotopic (exact) mass is 185 g/mol. The number of hydrogen-bond acceptors (Lipinski definition) is 5. The number of nitrogens with one attached hydrogen (secondary N) is 1. The molecule has 0 fully saturated rings. The summed E-state index contributed by atoms with van der Waals surface area (Å²) in [5.74, 6) is 1.19. The fourth-order valence-corrected chi connectivity index (χ4v) is 0.842. The Labute approximate surface area is 77.5 Å². The summed E-state index contributed by atoms with van der Waals surface area (Å²) in [7, 11) is 1.61. The average molecular weight is 185 g/mol. The summed E-state index contributed by atoms with van der Waals surface area (Å²) in [4.78, 5) is 4.15. The number of ether oxygens (including phenoxy) is 1. The fraction of sp³-hybridized carbons (Fsp3) is 0.750. The van der Waals surface area contributed by atoms with Gasteiger partial charge in [-0.05, 0) is 13.5 Å². The van der Waals surface area contributed by atoms with Crippen LogP contribution in [0.25, 0.3) is 0 Å². The van der Waals surface area contributed by atoms with Crippen LogP contribution in [0.15, 0.2) is 4.52 Å². The Hall–Kier alpha value is -0.940. The van der Waals surface area contributed by atoms with Crippen molar-refractivity contribution in [1.29, 1.82) is 0 Å². The molecule has 1 aromatic rings. The molecule has 0 bridgehead atoms. The van der Waals surface area contributed by atoms with Crippen LogP contribution in [0.2, 0.25) is 0 Å². The van der Waals surface area contributed by atoms with Gasteiger partial charge < -0.3 is 14.6 Å². The molecule has 5 heteroatoms. The zero-order valence-corrected chi connectivity index (χ0v) is 8.20. The topological polar surface area (TPSA) is 60.2 Å². The van der Waals surface area contributed by atoms with Gasteiger partial charge in [0.15, 0.2) is 5.82 Å². The van der Waals surface area contributed by atoms with Crippen LogP contribution in [0.3, 0.4) is 0 Å². The highest BCUT2D eigenvalue weighted by Crippen LogP contribution is 2.12. The third-order valence-electron chi connectivity index (χ3n) is 1.72. The quantitative estimate of drug-likeness (QED) is 0.738. The second kappa shape index (κ2) is 4.94. The van der Waals surface area contributed by atoms with E-state index in [0.29, 0.717) is 18.3 Å². The van der Waals surface area contributed by atoms with Crippen molar-refractivity contribution in [3.8, 4) is 0 Å². The van der Waals surface area contributed by atoms with Crippen LogP contribution in [0, 0.1) is 0 Å². The Morgan fingerprint density at radius 1 is 1.62 bits per heavy atom. The molecule has 1 atom stereocenters. The Kier molecular flexibility index (Phi) is 3.85. The molecule has 1 unspecified atom stereocenters. The summed E-state index contributed by atoms with van der Waals surface area (Å²) in [6.45, 7) is 5.42. The number of rotatable bonds is 5. The first-order valence-electron chi connectivity index (χ1n) is 4.34. The van der Waals surface area contributed by atoms with Crippen molar-refractivity contribution in [2.24, 2.45) is 0 Å². The second-order valence-corrected chi connectivity index (χ2v) is 2.71. The molecule has 0 aromatic carbocycles. The molecule has 0 saturated carbocycles. The van der Waals surface area contributed by atoms with Gasteiger partial charge in [-0.1, -0.05) is 12.1 Å². The van der Waals surface area contributed by atoms with E-state index in [1.54, 1.807) is 7.11 Å². The van der Waals surface area contributed by atoms with Crippen LogP contribution >= 0.6 is 0 Å². The summed E-state index contributed by atoms with van der Waals surface area (Å²) in [5, 5.41) is 6.90. The smallest absolute Gasteiger partial charge is 0.255 e. The minimum atomic E-state index is -0.136. The normalized spacial score (nSPS) is 13.2. The maximum absolute atomic E-state index is 5.04. The molecule has 0 aliphatic carbocycles. The van der Waals surface area contributed by atoms with Gasteiger partial charge in [0.2, 0.25) is 0 Å². The summed E-state index contributed by atoms with van der Waals surface area (Å²) in [6, 6.07) is 0. The van der Waals surface area contributed by atoms with Crippen molar-refractivity contribution in [3.63, 3.8) is 0 Å². The lowest BCUT2D eigenvalue weighted by atomic mass is 10.4. The van der Waals surface area contributed by atoms with Crippen LogP contribution in [-0.2, 0) is 11.3 Å². The first-order valence-corrected chi connectivity index (χ1v) is 4.34. The van der Waals surface area contributed by atoms with Gasteiger partial charge in [-0.25, -0.2) is 0 Å². The molecule has 74 valence electrons. The molecule has 0 aliphatic rings. The van der Waals surface area contributed by atoms with Crippen LogP contribution in [0.4, 0.5) is 0 Å². The molecule has 1 aromatic heterocycles. The maximum atomic E-state index is 5.04. The van der Waals surface area contributed by atoms with E-state index in [-0.39, 0.29) is 6.10 Å². The zero-order valence-electron chi connectivity index (χ0n) is 8.20. The largest absolute Gasteiger partial charge is 0.372 e. The van der Waals surface area contributed by atoms with Crippen molar-refractivity contribution in [1.82, 2.24) is 15.5 Å². The molecular weight excluding hydrogens is 170 g/mol. The van der Waals surface area contributed by atoms with Gasteiger partial charge in [-0.3, -0.25) is 0 Å². The van der Waals surface area contributed by atoms with Crippen molar-refractivity contribution in [3.05, 3.63) is 11.7 Å². The maximum Gasteiger partial charge on any atom is 0.255 e. The van der Waals surface area contributed by atoms with Crippen LogP contribution in [0.1, 0.15) is 31.7 Å². The van der Waals surface area contributed by atoms with Gasteiger partial charge in [0.25, 0.3) is 5.89 Å². The summed E-state index contributed by atoms with van der Waals surface area (Å²) >= 11 is 0. The van der Waals surface area contributed by atoms with Crippen molar-refractivity contribution in [2.45, 2.75) is 26.5 Å². The summed E-state index contributed by atoms with van der Waals surface area (Å²) in [5.41, 5.74) is 0. The SMILES string of the molecule is CCNCc1noc(C(C)OC)n1. The number of methoxy groups -OCH3 is 1. The van der Waals surface area contributed by atoms with Crippen LogP contribution in [-0.4, -0.2) is 23.8 Å². The lowest BCUT2D eigenvalue weighted by Gasteiger charge is -2.00. The molecule has 0 aliphatic heterocycles. The van der Waals surface area contributed by atoms with E-state index < -0.39 is 0 Å². The van der Waals surface area contributed by atoms with E-state index in [4.69, 9.17) is 9.26 Å². The Bertz CT molecular complexity index is 249. The van der Waals surface area contributed by atoms with Gasteiger partial charge in [-0.15, -0.1) is 0 Å². The Balaban J connectivity index is 2.53. The van der Waals surface area contributed by atoms with Gasteiger partial charge in [0, 0.05) is 7.11 Å². The Morgan fingerprint density at radius 2 is 2.38 bits per heavy atom. The molecule has 0 amide bonds. The number of aromatic nitrogens is 2. The van der Waals surface area contributed by atoms with E-state index in [1.165, 1.54) is 0 Å². The fourth-order valence-electron chi connectivity index (χ4n) is 0.842. The van der Waals surface area contributed by atoms with Gasteiger partial charge in [0.1, 0.15) is 6.10 Å². The third kappa shape index (κ3) is 2.78. The molecule has 5 nitrogen and oxygen atoms in total. The minimum absolute atomic E-state index is 0.136. The van der Waals surface area contributed by atoms with E-state index in [0.717, 1.165) is 6.54 Å². The van der Waals surface area contributed by atoms with Crippen molar-refractivity contribution < 1.29 is 9.26 Å². The molecule has 1 heterocycles. The van der Waals surface area contributed by atoms with Gasteiger partial charge in [-0.2, -0.15) is 4.98 Å². The van der Waals surface area contributed by atoms with Crippen molar-refractivity contribution in [2.75, 3.05) is 13.7 Å². The highest BCUT2D eigenvalue weighted by atomic mass is 16.5. The van der Waals surface area contributed by atoms with E-state index in [9.17, 15) is 0 Å². The lowest BCUT2D eigenvalue weighted by molar-refractivity contribution is 0.0886. The summed E-state index contributed by atoms with van der Waals surface area (Å²) < 4.78 is 10.0. The molecule has 0 saturated heterocycles. The third-order valence-corrected chi connectivity index (χ3v) is 1.72. The molecule has 0 spiro atoms. The second-order valence-electron chi connectivity index (χ2n) is 2.71. The van der Waals surface area contributed by atoms with Crippen LogP contribution < -0.4 is 5.32 Å². The Morgan fingerprint density at radius 3 is 3.00 bits per heavy atom. The molecule has 0 radical (unpaired) electrons.